The maximum atomic E-state index is 13.6. The number of benzene rings is 1. The van der Waals surface area contributed by atoms with Crippen LogP contribution in [-0.2, 0) is 0 Å². The zero-order valence-corrected chi connectivity index (χ0v) is 19.3. The highest BCUT2D eigenvalue weighted by atomic mass is 16.2. The number of amides is 1. The third-order valence-corrected chi connectivity index (χ3v) is 6.85. The number of carbonyl (C=O) groups excluding carboxylic acids is 1. The summed E-state index contributed by atoms with van der Waals surface area (Å²) in [5.41, 5.74) is 4.48. The zero-order valence-electron chi connectivity index (χ0n) is 19.3. The summed E-state index contributed by atoms with van der Waals surface area (Å²) in [5.74, 6) is 1.10. The molecule has 2 aliphatic heterocycles. The van der Waals surface area contributed by atoms with Crippen LogP contribution in [0.15, 0.2) is 36.7 Å². The first-order valence-corrected chi connectivity index (χ1v) is 11.8. The molecule has 34 heavy (non-hydrogen) atoms. The molecule has 9 nitrogen and oxygen atoms in total. The van der Waals surface area contributed by atoms with Gasteiger partial charge in [0.15, 0.2) is 5.65 Å². The van der Waals surface area contributed by atoms with Crippen LogP contribution in [0, 0.1) is 18.8 Å². The van der Waals surface area contributed by atoms with E-state index in [4.69, 9.17) is 15.3 Å². The summed E-state index contributed by atoms with van der Waals surface area (Å²) in [5, 5.41) is 19.3. The van der Waals surface area contributed by atoms with Crippen LogP contribution in [0.25, 0.3) is 16.6 Å². The number of anilines is 1. The van der Waals surface area contributed by atoms with Crippen molar-refractivity contribution in [3.8, 4) is 6.57 Å². The number of nitriles is 1. The molecule has 1 unspecified atom stereocenters. The van der Waals surface area contributed by atoms with Crippen LogP contribution in [0.2, 0.25) is 0 Å². The van der Waals surface area contributed by atoms with Gasteiger partial charge in [0.2, 0.25) is 0 Å². The molecule has 9 heteroatoms. The summed E-state index contributed by atoms with van der Waals surface area (Å²) in [6.07, 6.45) is 9.25. The third-order valence-electron chi connectivity index (χ3n) is 6.85. The lowest BCUT2D eigenvalue weighted by Crippen LogP contribution is -2.38. The zero-order chi connectivity index (χ0) is 23.7. The number of aromatic amines is 1. The van der Waals surface area contributed by atoms with Gasteiger partial charge in [0.25, 0.3) is 5.91 Å². The van der Waals surface area contributed by atoms with Crippen molar-refractivity contribution in [1.82, 2.24) is 29.7 Å². The van der Waals surface area contributed by atoms with Gasteiger partial charge in [0.1, 0.15) is 5.82 Å². The minimum Gasteiger partial charge on any atom is -0.356 e. The van der Waals surface area contributed by atoms with Crippen molar-refractivity contribution in [2.24, 2.45) is 0 Å². The van der Waals surface area contributed by atoms with E-state index in [-0.39, 0.29) is 11.9 Å². The Morgan fingerprint density at radius 3 is 2.76 bits per heavy atom. The van der Waals surface area contributed by atoms with E-state index in [1.165, 1.54) is 12.8 Å². The molecule has 3 aromatic heterocycles. The first-order valence-electron chi connectivity index (χ1n) is 11.8. The van der Waals surface area contributed by atoms with Gasteiger partial charge in [0.05, 0.1) is 29.0 Å². The number of carbonyl (C=O) groups is 1. The predicted molar refractivity (Wildman–Crippen MR) is 130 cm³/mol. The Morgan fingerprint density at radius 1 is 1.15 bits per heavy atom. The molecule has 1 N–H and O–H groups in total. The molecule has 4 aromatic rings. The first kappa shape index (κ1) is 21.9. The number of fused-ring (bicyclic) bond motifs is 2. The van der Waals surface area contributed by atoms with Gasteiger partial charge < -0.3 is 9.80 Å². The second-order valence-electron chi connectivity index (χ2n) is 8.96. The molecule has 0 spiro atoms. The number of rotatable bonds is 3. The second kappa shape index (κ2) is 9.14. The Morgan fingerprint density at radius 2 is 1.94 bits per heavy atom. The standard InChI is InChI=1S/C24H27N7O.CHN/c1-16-15-31-22(26-23(16)29-10-4-5-11-29)13-20(28-31)21-9-2-3-12-30(21)24(32)17-7-6-8-19-18(17)14-25-27-19;1-2/h6-8,13-15,21H,2-5,9-12H2,1H3,(H,25,27);1H. The van der Waals surface area contributed by atoms with Crippen LogP contribution in [0.3, 0.4) is 0 Å². The van der Waals surface area contributed by atoms with Crippen molar-refractivity contribution in [3.63, 3.8) is 0 Å². The van der Waals surface area contributed by atoms with Gasteiger partial charge in [-0.05, 0) is 51.2 Å². The first-order chi connectivity index (χ1) is 16.7. The molecule has 1 atom stereocenters. The molecular weight excluding hydrogens is 428 g/mol. The highest BCUT2D eigenvalue weighted by Gasteiger charge is 2.31. The number of likely N-dealkylation sites (tertiary alicyclic amines) is 1. The summed E-state index contributed by atoms with van der Waals surface area (Å²) in [6, 6.07) is 7.76. The second-order valence-corrected chi connectivity index (χ2v) is 8.96. The van der Waals surface area contributed by atoms with E-state index in [1.807, 2.05) is 27.6 Å². The van der Waals surface area contributed by atoms with Crippen molar-refractivity contribution in [1.29, 1.82) is 5.26 Å². The van der Waals surface area contributed by atoms with Crippen molar-refractivity contribution in [3.05, 3.63) is 53.5 Å². The van der Waals surface area contributed by atoms with Crippen LogP contribution >= 0.6 is 0 Å². The largest absolute Gasteiger partial charge is 0.356 e. The average Bonchev–Trinajstić information content (AvgIpc) is 3.64. The number of piperidine rings is 1. The maximum Gasteiger partial charge on any atom is 0.255 e. The quantitative estimate of drug-likeness (QED) is 0.499. The Balaban J connectivity index is 0.00000117. The predicted octanol–water partition coefficient (Wildman–Crippen LogP) is 4.02. The lowest BCUT2D eigenvalue weighted by molar-refractivity contribution is 0.0608. The van der Waals surface area contributed by atoms with E-state index < -0.39 is 0 Å². The molecule has 1 amide bonds. The number of hydrogen-bond acceptors (Lipinski definition) is 6. The number of H-pyrrole nitrogens is 1. The lowest BCUT2D eigenvalue weighted by atomic mass is 9.97. The summed E-state index contributed by atoms with van der Waals surface area (Å²) in [7, 11) is 0. The maximum absolute atomic E-state index is 13.6. The minimum atomic E-state index is -0.0457. The van der Waals surface area contributed by atoms with Gasteiger partial charge in [-0.1, -0.05) is 6.07 Å². The molecule has 1 aromatic carbocycles. The van der Waals surface area contributed by atoms with Crippen molar-refractivity contribution in [2.45, 2.75) is 45.1 Å². The molecule has 2 fully saturated rings. The molecule has 0 radical (unpaired) electrons. The summed E-state index contributed by atoms with van der Waals surface area (Å²) in [4.78, 5) is 22.9. The third kappa shape index (κ3) is 3.75. The Labute approximate surface area is 198 Å². The molecule has 0 aliphatic carbocycles. The van der Waals surface area contributed by atoms with Crippen molar-refractivity contribution < 1.29 is 4.79 Å². The molecule has 0 saturated carbocycles. The SMILES string of the molecule is C#N.Cc1cn2nc(C3CCCCN3C(=O)c3cccc4[nH]ncc34)cc2nc1N1CCCC1. The van der Waals surface area contributed by atoms with Crippen LogP contribution in [0.1, 0.15) is 59.8 Å². The minimum absolute atomic E-state index is 0.0423. The number of nitrogens with one attached hydrogen (secondary N) is 1. The van der Waals surface area contributed by atoms with Crippen LogP contribution in [0.5, 0.6) is 0 Å². The molecule has 5 heterocycles. The van der Waals surface area contributed by atoms with Gasteiger partial charge >= 0.3 is 0 Å². The smallest absolute Gasteiger partial charge is 0.255 e. The molecule has 6 rings (SSSR count). The highest BCUT2D eigenvalue weighted by molar-refractivity contribution is 6.06. The highest BCUT2D eigenvalue weighted by Crippen LogP contribution is 2.33. The van der Waals surface area contributed by atoms with E-state index in [2.05, 4.69) is 40.9 Å². The molecule has 2 aliphatic rings. The summed E-state index contributed by atoms with van der Waals surface area (Å²) >= 11 is 0. The molecule has 174 valence electrons. The van der Waals surface area contributed by atoms with E-state index in [9.17, 15) is 4.79 Å². The number of aryl methyl sites for hydroxylation is 1. The Hall–Kier alpha value is -3.93. The van der Waals surface area contributed by atoms with Gasteiger partial charge in [0, 0.05) is 49.4 Å². The summed E-state index contributed by atoms with van der Waals surface area (Å²) < 4.78 is 1.87. The molecular formula is C25H28N8O. The van der Waals surface area contributed by atoms with Crippen LogP contribution in [0.4, 0.5) is 5.82 Å². The average molecular weight is 457 g/mol. The van der Waals surface area contributed by atoms with Crippen molar-refractivity contribution >= 4 is 28.3 Å². The lowest BCUT2D eigenvalue weighted by Gasteiger charge is -2.35. The molecule has 0 bridgehead atoms. The van der Waals surface area contributed by atoms with Crippen LogP contribution in [-0.4, -0.2) is 55.2 Å². The number of aromatic nitrogens is 5. The summed E-state index contributed by atoms with van der Waals surface area (Å²) in [6.45, 7) is 8.46. The van der Waals surface area contributed by atoms with E-state index in [0.29, 0.717) is 5.56 Å². The van der Waals surface area contributed by atoms with Gasteiger partial charge in [-0.15, -0.1) is 0 Å². The number of hydrogen-bond donors (Lipinski definition) is 1. The topological polar surface area (TPSA) is 106 Å². The van der Waals surface area contributed by atoms with Gasteiger partial charge in [-0.25, -0.2) is 14.8 Å². The number of nitrogens with zero attached hydrogens (tertiary/aromatic N) is 7. The Kier molecular flexibility index (Phi) is 5.88. The molecule has 2 saturated heterocycles. The Bertz CT molecular complexity index is 1350. The van der Waals surface area contributed by atoms with Crippen LogP contribution < -0.4 is 4.90 Å². The van der Waals surface area contributed by atoms with Gasteiger partial charge in [-0.2, -0.15) is 10.2 Å². The fraction of sp³-hybridized carbons (Fsp3) is 0.400. The van der Waals surface area contributed by atoms with Gasteiger partial charge in [-0.3, -0.25) is 9.89 Å². The normalized spacial score (nSPS) is 18.3. The fourth-order valence-corrected chi connectivity index (χ4v) is 5.22. The van der Waals surface area contributed by atoms with E-state index >= 15 is 0 Å². The fourth-order valence-electron chi connectivity index (χ4n) is 5.22. The monoisotopic (exact) mass is 456 g/mol. The van der Waals surface area contributed by atoms with E-state index in [0.717, 1.165) is 72.5 Å². The van der Waals surface area contributed by atoms with E-state index in [1.54, 1.807) is 6.20 Å². The van der Waals surface area contributed by atoms with Crippen molar-refractivity contribution in [2.75, 3.05) is 24.5 Å².